The lowest BCUT2D eigenvalue weighted by Gasteiger charge is -2.10. The number of benzene rings is 14. The zero-order chi connectivity index (χ0) is 57.7. The molecule has 0 saturated heterocycles. The van der Waals surface area contributed by atoms with Gasteiger partial charge in [-0.3, -0.25) is 0 Å². The van der Waals surface area contributed by atoms with Crippen molar-refractivity contribution in [2.45, 2.75) is 0 Å². The summed E-state index contributed by atoms with van der Waals surface area (Å²) in [7, 11) is 0. The van der Waals surface area contributed by atoms with Crippen LogP contribution < -0.4 is 0 Å². The maximum atomic E-state index is 2.62. The minimum atomic E-state index is 1.14. The molecule has 90 heavy (non-hydrogen) atoms. The van der Waals surface area contributed by atoms with Crippen LogP contribution in [0.15, 0.2) is 267 Å². The van der Waals surface area contributed by atoms with E-state index in [4.69, 9.17) is 0 Å². The van der Waals surface area contributed by atoms with Gasteiger partial charge >= 0.3 is 0 Å². The van der Waals surface area contributed by atoms with E-state index < -0.39 is 0 Å². The maximum absolute atomic E-state index is 2.62. The van der Waals surface area contributed by atoms with Crippen LogP contribution in [0.5, 0.6) is 0 Å². The van der Waals surface area contributed by atoms with E-state index in [1.54, 1.807) is 0 Å². The van der Waals surface area contributed by atoms with Crippen molar-refractivity contribution in [1.82, 2.24) is 26.7 Å². The average molecular weight is 1140 g/mol. The van der Waals surface area contributed by atoms with Gasteiger partial charge in [-0.1, -0.05) is 176 Å². The molecule has 0 aliphatic rings. The third-order valence-corrected chi connectivity index (χ3v) is 21.4. The van der Waals surface area contributed by atoms with Crippen LogP contribution in [0.4, 0.5) is 0 Å². The molecule has 24 aromatic rings. The summed E-state index contributed by atoms with van der Waals surface area (Å²) in [6.07, 6.45) is 0. The molecule has 0 atom stereocenters. The fourth-order valence-electron chi connectivity index (χ4n) is 18.2. The largest absolute Gasteiger partial charge is 0.309 e. The molecule has 0 spiro atoms. The van der Waals surface area contributed by atoms with Gasteiger partial charge in [0.2, 0.25) is 0 Å². The third kappa shape index (κ3) is 4.99. The van der Waals surface area contributed by atoms with E-state index in [0.29, 0.717) is 0 Å². The smallest absolute Gasteiger partial charge is 0.0789 e. The van der Waals surface area contributed by atoms with Crippen LogP contribution >= 0.6 is 0 Å². The molecule has 0 bridgehead atoms. The van der Waals surface area contributed by atoms with Gasteiger partial charge in [-0.25, -0.2) is 0 Å². The van der Waals surface area contributed by atoms with Gasteiger partial charge in [0.05, 0.1) is 88.3 Å². The number of aromatic nitrogens is 6. The Hall–Kier alpha value is -12.1. The van der Waals surface area contributed by atoms with Crippen LogP contribution in [0, 0.1) is 0 Å². The summed E-state index contributed by atoms with van der Waals surface area (Å²) >= 11 is 0. The van der Waals surface area contributed by atoms with E-state index in [9.17, 15) is 0 Å². The highest BCUT2D eigenvalue weighted by molar-refractivity contribution is 6.41. The van der Waals surface area contributed by atoms with Gasteiger partial charge in [-0.2, -0.15) is 0 Å². The molecule has 0 amide bonds. The second-order valence-corrected chi connectivity index (χ2v) is 25.4. The van der Waals surface area contributed by atoms with E-state index in [-0.39, 0.29) is 0 Å². The lowest BCUT2D eigenvalue weighted by molar-refractivity contribution is 1.18. The Morgan fingerprint density at radius 3 is 1.29 bits per heavy atom. The highest BCUT2D eigenvalue weighted by Crippen LogP contribution is 2.54. The van der Waals surface area contributed by atoms with Gasteiger partial charge in [0.25, 0.3) is 0 Å². The molecule has 24 rings (SSSR count). The zero-order valence-electron chi connectivity index (χ0n) is 48.1. The third-order valence-electron chi connectivity index (χ3n) is 21.4. The van der Waals surface area contributed by atoms with Gasteiger partial charge in [0.15, 0.2) is 0 Å². The Bertz CT molecular complexity index is 7370. The maximum Gasteiger partial charge on any atom is 0.0789 e. The van der Waals surface area contributed by atoms with Crippen LogP contribution in [-0.2, 0) is 0 Å². The van der Waals surface area contributed by atoms with Gasteiger partial charge in [-0.05, 0) is 102 Å². The van der Waals surface area contributed by atoms with Gasteiger partial charge in [0, 0.05) is 119 Å². The highest BCUT2D eigenvalue weighted by Gasteiger charge is 2.31. The summed E-state index contributed by atoms with van der Waals surface area (Å²) in [6.45, 7) is 0. The minimum Gasteiger partial charge on any atom is -0.309 e. The molecule has 10 heterocycles. The fraction of sp³-hybridized carbons (Fsp3) is 0. The first-order valence-corrected chi connectivity index (χ1v) is 31.3. The molecular formula is C84H44N6. The molecule has 6 heteroatoms. The molecular weight excluding hydrogens is 1090 g/mol. The van der Waals surface area contributed by atoms with E-state index >= 15 is 0 Å². The molecule has 6 nitrogen and oxygen atoms in total. The number of hydrogen-bond donors (Lipinski definition) is 0. The molecule has 0 aliphatic carbocycles. The molecule has 0 saturated carbocycles. The zero-order valence-corrected chi connectivity index (χ0v) is 48.1. The second kappa shape index (κ2) is 15.3. The van der Waals surface area contributed by atoms with Crippen LogP contribution in [0.25, 0.3) is 218 Å². The summed E-state index contributed by atoms with van der Waals surface area (Å²) < 4.78 is 15.3. The lowest BCUT2D eigenvalue weighted by Crippen LogP contribution is -1.95. The van der Waals surface area contributed by atoms with Crippen molar-refractivity contribution in [2.75, 3.05) is 0 Å². The Balaban J connectivity index is 0.789. The van der Waals surface area contributed by atoms with Crippen LogP contribution in [0.1, 0.15) is 0 Å². The second-order valence-electron chi connectivity index (χ2n) is 25.4. The fourth-order valence-corrected chi connectivity index (χ4v) is 18.2. The molecule has 0 radical (unpaired) electrons. The Kier molecular flexibility index (Phi) is 7.71. The first kappa shape index (κ1) is 45.2. The topological polar surface area (TPSA) is 27.5 Å². The Labute approximate surface area is 509 Å². The van der Waals surface area contributed by atoms with Crippen molar-refractivity contribution in [2.24, 2.45) is 0 Å². The molecule has 14 aromatic carbocycles. The van der Waals surface area contributed by atoms with Crippen molar-refractivity contribution in [3.05, 3.63) is 267 Å². The predicted molar refractivity (Wildman–Crippen MR) is 379 cm³/mol. The first-order valence-electron chi connectivity index (χ1n) is 31.3. The van der Waals surface area contributed by atoms with Crippen molar-refractivity contribution < 1.29 is 0 Å². The molecule has 0 N–H and O–H groups in total. The number of fused-ring (bicyclic) bond motifs is 33. The van der Waals surface area contributed by atoms with Crippen molar-refractivity contribution in [1.29, 1.82) is 0 Å². The lowest BCUT2D eigenvalue weighted by atomic mass is 9.96. The predicted octanol–water partition coefficient (Wildman–Crippen LogP) is 22.1. The molecule has 0 fully saturated rings. The van der Waals surface area contributed by atoms with E-state index in [1.807, 2.05) is 0 Å². The van der Waals surface area contributed by atoms with Crippen LogP contribution in [0.2, 0.25) is 0 Å². The SMILES string of the molecule is c1ccc(-n2c3ccccc3c3cc4c(cc32)c2cc3c(c5cccc6c7c(-c8ccc9c(c8)c8ccc%10c%11cc%12c(c%13cccc%14c%15ccccc%15n%12c%14%13)c%12c%13ccccc%13n(c%11%12)c%10c8n9-c8ccccc8)cccc7n3c65)c3c5ccccc5n4c23)cc1. The summed E-state index contributed by atoms with van der Waals surface area (Å²) in [5, 5.41) is 25.7. The number of rotatable bonds is 3. The first-order chi connectivity index (χ1) is 44.7. The number of hydrogen-bond acceptors (Lipinski definition) is 0. The van der Waals surface area contributed by atoms with Crippen molar-refractivity contribution in [3.63, 3.8) is 0 Å². The number of nitrogens with zero attached hydrogens (tertiary/aromatic N) is 6. The van der Waals surface area contributed by atoms with E-state index in [2.05, 4.69) is 294 Å². The standard InChI is InChI=1S/C84H44N6/c1-3-18-46(19-4-1)85-64-31-11-8-23-50(64)60-41-71-61(42-70(60)85)63-44-73-76(77-54-24-9-13-33-66(54)87(71)81(63)77)58-30-16-28-56-74-48(26-17-35-69(74)89(73)80(56)58)45-36-39-68-59(40-45)52-37-38-53-62-43-72-75(57-29-15-27-51-49-22-7-12-32-65(49)88(72)79(51)57)78-55-25-10-14-34-67(55)90(82(62)78)84(53)83(52)86(68)47-20-5-2-6-21-47/h1-44H. The van der Waals surface area contributed by atoms with Crippen LogP contribution in [-0.4, -0.2) is 26.7 Å². The Morgan fingerprint density at radius 1 is 0.167 bits per heavy atom. The normalized spacial score (nSPS) is 13.1. The van der Waals surface area contributed by atoms with E-state index in [0.717, 1.165) is 11.4 Å². The van der Waals surface area contributed by atoms with Crippen molar-refractivity contribution >= 4 is 196 Å². The van der Waals surface area contributed by atoms with Crippen LogP contribution in [0.3, 0.4) is 0 Å². The quantitative estimate of drug-likeness (QED) is 0.169. The van der Waals surface area contributed by atoms with Gasteiger partial charge in [0.1, 0.15) is 0 Å². The van der Waals surface area contributed by atoms with Gasteiger partial charge in [-0.15, -0.1) is 0 Å². The summed E-state index contributed by atoms with van der Waals surface area (Å²) in [4.78, 5) is 0. The molecule has 0 aliphatic heterocycles. The Morgan fingerprint density at radius 2 is 0.589 bits per heavy atom. The summed E-state index contributed by atoms with van der Waals surface area (Å²) in [6, 6.07) is 101. The molecule has 0 unspecified atom stereocenters. The minimum absolute atomic E-state index is 1.14. The summed E-state index contributed by atoms with van der Waals surface area (Å²) in [5.74, 6) is 0. The highest BCUT2D eigenvalue weighted by atomic mass is 15.0. The van der Waals surface area contributed by atoms with Gasteiger partial charge < -0.3 is 26.7 Å². The molecule has 410 valence electrons. The monoisotopic (exact) mass is 1140 g/mol. The average Bonchev–Trinajstić information content (AvgIpc) is 1.51. The molecule has 10 aromatic heterocycles. The van der Waals surface area contributed by atoms with E-state index in [1.165, 1.54) is 207 Å². The summed E-state index contributed by atoms with van der Waals surface area (Å²) in [5.41, 5.74) is 24.6. The number of para-hydroxylation sites is 8. The van der Waals surface area contributed by atoms with Crippen molar-refractivity contribution in [3.8, 4) is 22.5 Å².